The summed E-state index contributed by atoms with van der Waals surface area (Å²) in [6, 6.07) is 8.07. The molecule has 1 saturated heterocycles. The van der Waals surface area contributed by atoms with E-state index in [9.17, 15) is 4.79 Å². The van der Waals surface area contributed by atoms with E-state index < -0.39 is 0 Å². The summed E-state index contributed by atoms with van der Waals surface area (Å²) in [5.41, 5.74) is 2.25. The number of pyridine rings is 1. The third-order valence-corrected chi connectivity index (χ3v) is 5.01. The van der Waals surface area contributed by atoms with Crippen LogP contribution in [-0.2, 0) is 7.05 Å². The van der Waals surface area contributed by atoms with Gasteiger partial charge in [0.2, 0.25) is 0 Å². The van der Waals surface area contributed by atoms with Crippen molar-refractivity contribution < 1.29 is 4.79 Å². The lowest BCUT2D eigenvalue weighted by Gasteiger charge is -2.28. The number of aryl methyl sites for hydroxylation is 1. The molecule has 0 spiro atoms. The minimum Gasteiger partial charge on any atom is -0.345 e. The van der Waals surface area contributed by atoms with Crippen LogP contribution in [0.15, 0.2) is 36.8 Å². The van der Waals surface area contributed by atoms with Gasteiger partial charge in [-0.15, -0.1) is 0 Å². The van der Waals surface area contributed by atoms with Gasteiger partial charge in [0.15, 0.2) is 0 Å². The lowest BCUT2D eigenvalue weighted by molar-refractivity contribution is 0.0751. The van der Waals surface area contributed by atoms with Crippen molar-refractivity contribution in [1.29, 1.82) is 5.26 Å². The third-order valence-electron chi connectivity index (χ3n) is 5.01. The molecule has 3 heterocycles. The van der Waals surface area contributed by atoms with Crippen LogP contribution in [0.3, 0.4) is 0 Å². The molecule has 2 aromatic heterocycles. The highest BCUT2D eigenvalue weighted by Crippen LogP contribution is 2.36. The summed E-state index contributed by atoms with van der Waals surface area (Å²) in [5, 5.41) is 9.02. The number of amides is 1. The Hall–Kier alpha value is -2.65. The number of carbonyl (C=O) groups excluding carboxylic acids is 1. The first-order chi connectivity index (χ1) is 12.0. The first-order valence-corrected chi connectivity index (χ1v) is 8.43. The molecule has 25 heavy (non-hydrogen) atoms. The van der Waals surface area contributed by atoms with Crippen LogP contribution in [0.25, 0.3) is 0 Å². The fourth-order valence-electron chi connectivity index (χ4n) is 3.76. The Kier molecular flexibility index (Phi) is 4.86. The Bertz CT molecular complexity index is 792. The molecule has 1 fully saturated rings. The van der Waals surface area contributed by atoms with E-state index in [0.717, 1.165) is 13.0 Å². The van der Waals surface area contributed by atoms with E-state index in [1.54, 1.807) is 35.0 Å². The Labute approximate surface area is 148 Å². The van der Waals surface area contributed by atoms with Gasteiger partial charge in [0, 0.05) is 45.3 Å². The highest BCUT2D eigenvalue weighted by Gasteiger charge is 2.34. The van der Waals surface area contributed by atoms with Crippen LogP contribution in [0.1, 0.15) is 34.1 Å². The lowest BCUT2D eigenvalue weighted by atomic mass is 9.94. The topological polar surface area (TPSA) is 65.2 Å². The summed E-state index contributed by atoms with van der Waals surface area (Å²) in [4.78, 5) is 21.1. The largest absolute Gasteiger partial charge is 0.345 e. The van der Waals surface area contributed by atoms with Crippen molar-refractivity contribution in [2.24, 2.45) is 13.0 Å². The number of nitriles is 1. The molecule has 6 heteroatoms. The third kappa shape index (κ3) is 3.42. The molecule has 2 atom stereocenters. The van der Waals surface area contributed by atoms with Crippen molar-refractivity contribution in [3.8, 4) is 6.07 Å². The molecule has 0 unspecified atom stereocenters. The van der Waals surface area contributed by atoms with E-state index in [1.807, 2.05) is 19.3 Å². The van der Waals surface area contributed by atoms with Crippen molar-refractivity contribution in [2.45, 2.75) is 12.5 Å². The van der Waals surface area contributed by atoms with Gasteiger partial charge >= 0.3 is 0 Å². The minimum atomic E-state index is -0.0523. The zero-order valence-corrected chi connectivity index (χ0v) is 14.9. The maximum absolute atomic E-state index is 12.8. The summed E-state index contributed by atoms with van der Waals surface area (Å²) in [7, 11) is 5.75. The van der Waals surface area contributed by atoms with Gasteiger partial charge in [0.1, 0.15) is 11.8 Å². The van der Waals surface area contributed by atoms with Gasteiger partial charge < -0.3 is 9.47 Å². The summed E-state index contributed by atoms with van der Waals surface area (Å²) in [5.74, 6) is 0.308. The van der Waals surface area contributed by atoms with Gasteiger partial charge in [-0.3, -0.25) is 14.7 Å². The second-order valence-electron chi connectivity index (χ2n) is 6.78. The van der Waals surface area contributed by atoms with Crippen LogP contribution >= 0.6 is 0 Å². The van der Waals surface area contributed by atoms with E-state index in [4.69, 9.17) is 5.26 Å². The molecule has 2 aromatic rings. The first kappa shape index (κ1) is 17.2. The van der Waals surface area contributed by atoms with Crippen molar-refractivity contribution in [2.75, 3.05) is 27.2 Å². The Morgan fingerprint density at radius 2 is 2.28 bits per heavy atom. The lowest BCUT2D eigenvalue weighted by Crippen LogP contribution is -2.35. The standard InChI is InChI=1S/C19H23N5O/c1-22-8-6-16(18(22)15-5-4-7-21-11-15)13-24(3)19(25)17-9-14(10-20)12-23(17)2/h4-5,7,9,11-12,16,18H,6,8,13H2,1-3H3/t16-,18-/m0/s1. The number of aromatic nitrogens is 2. The zero-order chi connectivity index (χ0) is 18.0. The van der Waals surface area contributed by atoms with Gasteiger partial charge in [0.25, 0.3) is 5.91 Å². The summed E-state index contributed by atoms with van der Waals surface area (Å²) >= 11 is 0. The van der Waals surface area contributed by atoms with Crippen LogP contribution in [0.4, 0.5) is 0 Å². The molecule has 1 amide bonds. The number of carbonyl (C=O) groups is 1. The maximum Gasteiger partial charge on any atom is 0.270 e. The molecule has 3 rings (SSSR count). The molecule has 1 aliphatic rings. The number of hydrogen-bond donors (Lipinski definition) is 0. The van der Waals surface area contributed by atoms with Gasteiger partial charge in [-0.25, -0.2) is 0 Å². The van der Waals surface area contributed by atoms with Gasteiger partial charge in [-0.05, 0) is 43.6 Å². The van der Waals surface area contributed by atoms with Crippen LogP contribution in [0, 0.1) is 17.2 Å². The number of likely N-dealkylation sites (tertiary alicyclic amines) is 1. The van der Waals surface area contributed by atoms with Gasteiger partial charge in [-0.2, -0.15) is 5.26 Å². The summed E-state index contributed by atoms with van der Waals surface area (Å²) in [6.07, 6.45) is 6.43. The van der Waals surface area contributed by atoms with Gasteiger partial charge in [-0.1, -0.05) is 6.07 Å². The van der Waals surface area contributed by atoms with E-state index in [-0.39, 0.29) is 11.9 Å². The second kappa shape index (κ2) is 7.08. The van der Waals surface area contributed by atoms with E-state index >= 15 is 0 Å². The quantitative estimate of drug-likeness (QED) is 0.856. The van der Waals surface area contributed by atoms with Crippen molar-refractivity contribution in [3.63, 3.8) is 0 Å². The molecule has 0 aliphatic carbocycles. The van der Waals surface area contributed by atoms with Crippen LogP contribution < -0.4 is 0 Å². The predicted octanol–water partition coefficient (Wildman–Crippen LogP) is 2.06. The molecular weight excluding hydrogens is 314 g/mol. The molecule has 0 saturated carbocycles. The molecule has 6 nitrogen and oxygen atoms in total. The molecule has 0 N–H and O–H groups in total. The van der Waals surface area contributed by atoms with E-state index in [0.29, 0.717) is 23.7 Å². The Morgan fingerprint density at radius 3 is 2.92 bits per heavy atom. The fourth-order valence-corrected chi connectivity index (χ4v) is 3.76. The molecule has 1 aliphatic heterocycles. The number of rotatable bonds is 4. The SMILES string of the molecule is CN(C[C@@H]1CCN(C)[C@H]1c1cccnc1)C(=O)c1cc(C#N)cn1C. The predicted molar refractivity (Wildman–Crippen MR) is 94.8 cm³/mol. The van der Waals surface area contributed by atoms with Crippen molar-refractivity contribution in [3.05, 3.63) is 53.6 Å². The average Bonchev–Trinajstić information content (AvgIpc) is 3.17. The number of hydrogen-bond acceptors (Lipinski definition) is 4. The highest BCUT2D eigenvalue weighted by atomic mass is 16.2. The van der Waals surface area contributed by atoms with Crippen molar-refractivity contribution >= 4 is 5.91 Å². The van der Waals surface area contributed by atoms with Crippen LogP contribution in [-0.4, -0.2) is 52.4 Å². The molecule has 0 aromatic carbocycles. The summed E-state index contributed by atoms with van der Waals surface area (Å²) in [6.45, 7) is 1.69. The molecule has 0 bridgehead atoms. The highest BCUT2D eigenvalue weighted by molar-refractivity contribution is 5.93. The minimum absolute atomic E-state index is 0.0523. The maximum atomic E-state index is 12.8. The Balaban J connectivity index is 1.75. The first-order valence-electron chi connectivity index (χ1n) is 8.43. The fraction of sp³-hybridized carbons (Fsp3) is 0.421. The monoisotopic (exact) mass is 337 g/mol. The second-order valence-corrected chi connectivity index (χ2v) is 6.78. The van der Waals surface area contributed by atoms with E-state index in [2.05, 4.69) is 29.1 Å². The summed E-state index contributed by atoms with van der Waals surface area (Å²) < 4.78 is 1.72. The molecule has 0 radical (unpaired) electrons. The number of nitrogens with zero attached hydrogens (tertiary/aromatic N) is 5. The Morgan fingerprint density at radius 1 is 1.48 bits per heavy atom. The van der Waals surface area contributed by atoms with E-state index in [1.165, 1.54) is 5.56 Å². The van der Waals surface area contributed by atoms with Crippen molar-refractivity contribution in [1.82, 2.24) is 19.4 Å². The average molecular weight is 337 g/mol. The van der Waals surface area contributed by atoms with Gasteiger partial charge in [0.05, 0.1) is 5.56 Å². The molecule has 130 valence electrons. The smallest absolute Gasteiger partial charge is 0.270 e. The van der Waals surface area contributed by atoms with Crippen LogP contribution in [0.5, 0.6) is 0 Å². The van der Waals surface area contributed by atoms with Crippen LogP contribution in [0.2, 0.25) is 0 Å². The molecular formula is C19H23N5O. The normalized spacial score (nSPS) is 20.4. The zero-order valence-electron chi connectivity index (χ0n) is 14.9.